The van der Waals surface area contributed by atoms with Crippen LogP contribution >= 0.6 is 0 Å². The Kier molecular flexibility index (Phi) is 7.99. The molecule has 5 heteroatoms. The van der Waals surface area contributed by atoms with Crippen LogP contribution < -0.4 is 14.2 Å². The van der Waals surface area contributed by atoms with Gasteiger partial charge in [-0.25, -0.2) is 0 Å². The number of rotatable bonds is 11. The van der Waals surface area contributed by atoms with Gasteiger partial charge in [-0.3, -0.25) is 4.79 Å². The number of unbranched alkanes of at least 4 members (excludes halogenated alkanes) is 1. The SMILES string of the molecule is COc1ccc(OC)c(CCCCC(=O)CCc2ccc(OC)c(O)c2)c1. The number of ketones is 1. The summed E-state index contributed by atoms with van der Waals surface area (Å²) in [5, 5.41) is 9.79. The quantitative estimate of drug-likeness (QED) is 0.595. The highest BCUT2D eigenvalue weighted by Gasteiger charge is 2.08. The number of Topliss-reactive ketones (excluding diaryl/α,β-unsaturated/α-hetero) is 1. The first-order chi connectivity index (χ1) is 13.1. The molecule has 1 N–H and O–H groups in total. The van der Waals surface area contributed by atoms with Crippen LogP contribution in [0, 0.1) is 0 Å². The van der Waals surface area contributed by atoms with Gasteiger partial charge in [0.1, 0.15) is 17.3 Å². The molecular formula is C22H28O5. The standard InChI is InChI=1S/C22H28O5/c1-25-19-11-13-21(26-2)17(15-19)6-4-5-7-18(23)10-8-16-9-12-22(27-3)20(24)14-16/h9,11-15,24H,4-8,10H2,1-3H3. The molecule has 0 aliphatic heterocycles. The molecule has 0 saturated heterocycles. The molecule has 2 rings (SSSR count). The number of phenols is 1. The number of ether oxygens (including phenoxy) is 3. The molecule has 0 aromatic heterocycles. The van der Waals surface area contributed by atoms with Gasteiger partial charge in [-0.1, -0.05) is 6.07 Å². The van der Waals surface area contributed by atoms with E-state index in [1.807, 2.05) is 24.3 Å². The normalized spacial score (nSPS) is 10.5. The summed E-state index contributed by atoms with van der Waals surface area (Å²) < 4.78 is 15.7. The van der Waals surface area contributed by atoms with Crippen molar-refractivity contribution >= 4 is 5.78 Å². The number of methoxy groups -OCH3 is 3. The second kappa shape index (κ2) is 10.5. The molecule has 0 aliphatic carbocycles. The Morgan fingerprint density at radius 1 is 0.852 bits per heavy atom. The minimum atomic E-state index is 0.106. The van der Waals surface area contributed by atoms with E-state index in [0.717, 1.165) is 41.9 Å². The lowest BCUT2D eigenvalue weighted by Crippen LogP contribution is -2.01. The monoisotopic (exact) mass is 372 g/mol. The Bertz CT molecular complexity index is 754. The van der Waals surface area contributed by atoms with Crippen LogP contribution in [0.3, 0.4) is 0 Å². The van der Waals surface area contributed by atoms with Gasteiger partial charge in [0.15, 0.2) is 11.5 Å². The van der Waals surface area contributed by atoms with Crippen LogP contribution in [-0.2, 0) is 17.6 Å². The Morgan fingerprint density at radius 2 is 1.59 bits per heavy atom. The lowest BCUT2D eigenvalue weighted by atomic mass is 10.0. The molecule has 0 heterocycles. The van der Waals surface area contributed by atoms with Crippen molar-refractivity contribution in [2.24, 2.45) is 0 Å². The van der Waals surface area contributed by atoms with E-state index in [9.17, 15) is 9.90 Å². The van der Waals surface area contributed by atoms with Crippen molar-refractivity contribution in [3.05, 3.63) is 47.5 Å². The number of aryl methyl sites for hydroxylation is 2. The number of carbonyl (C=O) groups is 1. The van der Waals surface area contributed by atoms with Crippen molar-refractivity contribution in [1.29, 1.82) is 0 Å². The van der Waals surface area contributed by atoms with E-state index in [0.29, 0.717) is 25.0 Å². The van der Waals surface area contributed by atoms with Crippen molar-refractivity contribution in [3.63, 3.8) is 0 Å². The van der Waals surface area contributed by atoms with Crippen LogP contribution in [0.15, 0.2) is 36.4 Å². The number of phenolic OH excluding ortho intramolecular Hbond substituents is 1. The summed E-state index contributed by atoms with van der Waals surface area (Å²) >= 11 is 0. The maximum absolute atomic E-state index is 12.1. The van der Waals surface area contributed by atoms with Gasteiger partial charge in [-0.05, 0) is 67.1 Å². The van der Waals surface area contributed by atoms with E-state index < -0.39 is 0 Å². The summed E-state index contributed by atoms with van der Waals surface area (Å²) in [6.07, 6.45) is 4.27. The summed E-state index contributed by atoms with van der Waals surface area (Å²) in [4.78, 5) is 12.1. The summed E-state index contributed by atoms with van der Waals surface area (Å²) in [6, 6.07) is 11.0. The second-order valence-corrected chi connectivity index (χ2v) is 6.43. The molecule has 0 bridgehead atoms. The fourth-order valence-electron chi connectivity index (χ4n) is 3.01. The van der Waals surface area contributed by atoms with Gasteiger partial charge in [0.05, 0.1) is 21.3 Å². The molecule has 0 saturated carbocycles. The van der Waals surface area contributed by atoms with Crippen molar-refractivity contribution < 1.29 is 24.1 Å². The van der Waals surface area contributed by atoms with Gasteiger partial charge in [0.25, 0.3) is 0 Å². The van der Waals surface area contributed by atoms with Crippen molar-refractivity contribution in [1.82, 2.24) is 0 Å². The molecule has 0 radical (unpaired) electrons. The van der Waals surface area contributed by atoms with E-state index in [1.165, 1.54) is 7.11 Å². The molecule has 5 nitrogen and oxygen atoms in total. The van der Waals surface area contributed by atoms with Crippen LogP contribution in [0.2, 0.25) is 0 Å². The van der Waals surface area contributed by atoms with Crippen LogP contribution in [0.5, 0.6) is 23.0 Å². The van der Waals surface area contributed by atoms with Crippen molar-refractivity contribution in [3.8, 4) is 23.0 Å². The summed E-state index contributed by atoms with van der Waals surface area (Å²) in [7, 11) is 4.82. The molecule has 2 aromatic rings. The molecule has 0 atom stereocenters. The molecule has 0 aliphatic rings. The van der Waals surface area contributed by atoms with Crippen LogP contribution in [0.1, 0.15) is 36.8 Å². The van der Waals surface area contributed by atoms with Gasteiger partial charge in [0.2, 0.25) is 0 Å². The number of hydrogen-bond donors (Lipinski definition) is 1. The zero-order valence-electron chi connectivity index (χ0n) is 16.3. The predicted molar refractivity (Wildman–Crippen MR) is 105 cm³/mol. The first-order valence-electron chi connectivity index (χ1n) is 9.16. The zero-order valence-corrected chi connectivity index (χ0v) is 16.3. The average Bonchev–Trinajstić information content (AvgIpc) is 2.69. The fraction of sp³-hybridized carbons (Fsp3) is 0.409. The Balaban J connectivity index is 1.74. The molecule has 0 spiro atoms. The van der Waals surface area contributed by atoms with Gasteiger partial charge in [0, 0.05) is 12.8 Å². The van der Waals surface area contributed by atoms with Crippen LogP contribution in [0.4, 0.5) is 0 Å². The first-order valence-corrected chi connectivity index (χ1v) is 9.16. The van der Waals surface area contributed by atoms with Gasteiger partial charge in [-0.2, -0.15) is 0 Å². The Labute approximate surface area is 160 Å². The minimum absolute atomic E-state index is 0.106. The van der Waals surface area contributed by atoms with E-state index in [4.69, 9.17) is 14.2 Å². The highest BCUT2D eigenvalue weighted by molar-refractivity contribution is 5.78. The third-order valence-corrected chi connectivity index (χ3v) is 4.58. The average molecular weight is 372 g/mol. The maximum atomic E-state index is 12.1. The van der Waals surface area contributed by atoms with E-state index >= 15 is 0 Å². The Hall–Kier alpha value is -2.69. The first kappa shape index (κ1) is 20.6. The highest BCUT2D eigenvalue weighted by Crippen LogP contribution is 2.27. The molecule has 0 amide bonds. The number of carbonyl (C=O) groups excluding carboxylic acids is 1. The molecule has 0 unspecified atom stereocenters. The van der Waals surface area contributed by atoms with Crippen molar-refractivity contribution in [2.75, 3.05) is 21.3 Å². The smallest absolute Gasteiger partial charge is 0.160 e. The topological polar surface area (TPSA) is 65.0 Å². The molecule has 146 valence electrons. The molecule has 0 fully saturated rings. The largest absolute Gasteiger partial charge is 0.504 e. The van der Waals surface area contributed by atoms with Gasteiger partial charge < -0.3 is 19.3 Å². The van der Waals surface area contributed by atoms with E-state index in [1.54, 1.807) is 26.4 Å². The minimum Gasteiger partial charge on any atom is -0.504 e. The Morgan fingerprint density at radius 3 is 2.26 bits per heavy atom. The summed E-state index contributed by atoms with van der Waals surface area (Å²) in [5.41, 5.74) is 2.03. The van der Waals surface area contributed by atoms with Crippen LogP contribution in [-0.4, -0.2) is 32.2 Å². The predicted octanol–water partition coefficient (Wildman–Crippen LogP) is 4.33. The molecular weight excluding hydrogens is 344 g/mol. The lowest BCUT2D eigenvalue weighted by Gasteiger charge is -2.10. The van der Waals surface area contributed by atoms with Gasteiger partial charge >= 0.3 is 0 Å². The van der Waals surface area contributed by atoms with Gasteiger partial charge in [-0.15, -0.1) is 0 Å². The number of aromatic hydroxyl groups is 1. The summed E-state index contributed by atoms with van der Waals surface area (Å²) in [6.45, 7) is 0. The lowest BCUT2D eigenvalue weighted by molar-refractivity contribution is -0.119. The maximum Gasteiger partial charge on any atom is 0.160 e. The van der Waals surface area contributed by atoms with E-state index in [2.05, 4.69) is 0 Å². The van der Waals surface area contributed by atoms with Crippen LogP contribution in [0.25, 0.3) is 0 Å². The number of benzene rings is 2. The second-order valence-electron chi connectivity index (χ2n) is 6.43. The van der Waals surface area contributed by atoms with Crippen molar-refractivity contribution in [2.45, 2.75) is 38.5 Å². The molecule has 2 aromatic carbocycles. The molecule has 27 heavy (non-hydrogen) atoms. The zero-order chi connectivity index (χ0) is 19.6. The number of hydrogen-bond acceptors (Lipinski definition) is 5. The fourth-order valence-corrected chi connectivity index (χ4v) is 3.01. The third-order valence-electron chi connectivity index (χ3n) is 4.58. The van der Waals surface area contributed by atoms with E-state index in [-0.39, 0.29) is 11.5 Å². The third kappa shape index (κ3) is 6.20. The summed E-state index contributed by atoms with van der Waals surface area (Å²) in [5.74, 6) is 2.45. The highest BCUT2D eigenvalue weighted by atomic mass is 16.5.